The van der Waals surface area contributed by atoms with Gasteiger partial charge in [0.15, 0.2) is 0 Å². The van der Waals surface area contributed by atoms with E-state index in [0.717, 1.165) is 38.8 Å². The zero-order chi connectivity index (χ0) is 18.2. The van der Waals surface area contributed by atoms with Crippen molar-refractivity contribution >= 4 is 5.78 Å². The Balaban J connectivity index is 1.72. The van der Waals surface area contributed by atoms with E-state index in [1.807, 2.05) is 6.07 Å². The van der Waals surface area contributed by atoms with Crippen LogP contribution in [0.4, 0.5) is 0 Å². The van der Waals surface area contributed by atoms with Gasteiger partial charge in [-0.1, -0.05) is 61.5 Å². The summed E-state index contributed by atoms with van der Waals surface area (Å²) in [6.07, 6.45) is 4.62. The van der Waals surface area contributed by atoms with Crippen molar-refractivity contribution in [3.05, 3.63) is 71.3 Å². The molecule has 4 rings (SSSR count). The molecular weight excluding hydrogens is 318 g/mol. The third-order valence-electron chi connectivity index (χ3n) is 6.90. The molecule has 2 aromatic carbocycles. The van der Waals surface area contributed by atoms with Gasteiger partial charge in [0.1, 0.15) is 5.78 Å². The van der Waals surface area contributed by atoms with Gasteiger partial charge in [0.25, 0.3) is 0 Å². The Morgan fingerprint density at radius 3 is 2.58 bits per heavy atom. The summed E-state index contributed by atoms with van der Waals surface area (Å²) in [6, 6.07) is 19.1. The smallest absolute Gasteiger partial charge is 0.144 e. The Hall–Kier alpha value is -1.93. The molecule has 1 saturated heterocycles. The Morgan fingerprint density at radius 1 is 1.04 bits per heavy atom. The Morgan fingerprint density at radius 2 is 1.77 bits per heavy atom. The van der Waals surface area contributed by atoms with Gasteiger partial charge in [-0.05, 0) is 61.4 Å². The summed E-state index contributed by atoms with van der Waals surface area (Å²) in [6.45, 7) is 4.37. The van der Waals surface area contributed by atoms with Crippen LogP contribution in [-0.4, -0.2) is 30.8 Å². The van der Waals surface area contributed by atoms with Crippen molar-refractivity contribution in [3.63, 3.8) is 0 Å². The maximum absolute atomic E-state index is 13.8. The minimum Gasteiger partial charge on any atom is -0.306 e. The van der Waals surface area contributed by atoms with Crippen molar-refractivity contribution in [3.8, 4) is 0 Å². The van der Waals surface area contributed by atoms with E-state index in [0.29, 0.717) is 12.2 Å². The maximum atomic E-state index is 13.8. The number of benzene rings is 2. The van der Waals surface area contributed by atoms with E-state index in [4.69, 9.17) is 0 Å². The van der Waals surface area contributed by atoms with Gasteiger partial charge in [-0.25, -0.2) is 0 Å². The van der Waals surface area contributed by atoms with Crippen LogP contribution >= 0.6 is 0 Å². The molecule has 2 nitrogen and oxygen atoms in total. The first kappa shape index (κ1) is 17.5. The summed E-state index contributed by atoms with van der Waals surface area (Å²) in [7, 11) is 2.20. The van der Waals surface area contributed by atoms with Gasteiger partial charge in [-0.2, -0.15) is 0 Å². The second kappa shape index (κ2) is 6.66. The highest BCUT2D eigenvalue weighted by molar-refractivity contribution is 5.92. The molecule has 2 atom stereocenters. The van der Waals surface area contributed by atoms with Crippen LogP contribution in [0.1, 0.15) is 42.9 Å². The summed E-state index contributed by atoms with van der Waals surface area (Å²) in [5, 5.41) is 0. The Kier molecular flexibility index (Phi) is 4.48. The fourth-order valence-electron chi connectivity index (χ4n) is 5.53. The molecule has 0 bridgehead atoms. The number of piperidine rings is 1. The highest BCUT2D eigenvalue weighted by Crippen LogP contribution is 2.55. The molecule has 26 heavy (non-hydrogen) atoms. The Bertz CT molecular complexity index is 799. The predicted molar refractivity (Wildman–Crippen MR) is 106 cm³/mol. The van der Waals surface area contributed by atoms with E-state index in [2.05, 4.69) is 67.4 Å². The summed E-state index contributed by atoms with van der Waals surface area (Å²) in [4.78, 5) is 16.2. The number of carbonyl (C=O) groups is 1. The number of fused-ring (bicyclic) bond motifs is 3. The topological polar surface area (TPSA) is 20.3 Å². The minimum absolute atomic E-state index is 0.0299. The third-order valence-corrected chi connectivity index (χ3v) is 6.90. The van der Waals surface area contributed by atoms with Crippen LogP contribution < -0.4 is 0 Å². The lowest BCUT2D eigenvalue weighted by molar-refractivity contribution is -0.134. The average Bonchev–Trinajstić information content (AvgIpc) is 2.66. The SMILES string of the molecule is CN1CC[C@]2(C(=O)CCc3ccccc3)c3ccccc3CC[C@]2(C)C1. The van der Waals surface area contributed by atoms with Gasteiger partial charge >= 0.3 is 0 Å². The quantitative estimate of drug-likeness (QED) is 0.816. The molecule has 0 spiro atoms. The number of likely N-dealkylation sites (tertiary alicyclic amines) is 1. The van der Waals surface area contributed by atoms with Gasteiger partial charge in [-0.3, -0.25) is 4.79 Å². The molecule has 1 aliphatic heterocycles. The minimum atomic E-state index is -0.316. The number of hydrogen-bond donors (Lipinski definition) is 0. The molecule has 2 aromatic rings. The molecule has 136 valence electrons. The average molecular weight is 348 g/mol. The van der Waals surface area contributed by atoms with Crippen LogP contribution in [0.3, 0.4) is 0 Å². The van der Waals surface area contributed by atoms with Crippen LogP contribution in [0, 0.1) is 5.41 Å². The number of carbonyl (C=O) groups excluding carboxylic acids is 1. The number of aryl methyl sites for hydroxylation is 2. The van der Waals surface area contributed by atoms with Crippen molar-refractivity contribution in [2.75, 3.05) is 20.1 Å². The standard InChI is InChI=1S/C24H29NO/c1-23-15-14-20-10-6-7-11-21(20)24(23,16-17-25(2)18-23)22(26)13-12-19-8-4-3-5-9-19/h3-11H,12-18H2,1-2H3/t23-,24-/m1/s1. The lowest BCUT2D eigenvalue weighted by Crippen LogP contribution is -2.61. The molecule has 2 aliphatic rings. The number of hydrogen-bond acceptors (Lipinski definition) is 2. The van der Waals surface area contributed by atoms with Crippen molar-refractivity contribution in [1.29, 1.82) is 0 Å². The number of Topliss-reactive ketones (excluding diaryl/α,β-unsaturated/α-hetero) is 1. The molecule has 0 amide bonds. The molecule has 0 unspecified atom stereocenters. The molecule has 1 fully saturated rings. The summed E-state index contributed by atoms with van der Waals surface area (Å²) in [5.74, 6) is 0.448. The van der Waals surface area contributed by atoms with Crippen molar-refractivity contribution in [2.24, 2.45) is 5.41 Å². The molecule has 0 radical (unpaired) electrons. The molecule has 0 saturated carbocycles. The lowest BCUT2D eigenvalue weighted by Gasteiger charge is -2.57. The molecule has 1 heterocycles. The van der Waals surface area contributed by atoms with Gasteiger partial charge < -0.3 is 4.90 Å². The second-order valence-corrected chi connectivity index (χ2v) is 8.52. The fraction of sp³-hybridized carbons (Fsp3) is 0.458. The summed E-state index contributed by atoms with van der Waals surface area (Å²) >= 11 is 0. The number of rotatable bonds is 4. The van der Waals surface area contributed by atoms with E-state index >= 15 is 0 Å². The highest BCUT2D eigenvalue weighted by Gasteiger charge is 2.58. The van der Waals surface area contributed by atoms with Crippen LogP contribution in [0.5, 0.6) is 0 Å². The maximum Gasteiger partial charge on any atom is 0.144 e. The van der Waals surface area contributed by atoms with Crippen molar-refractivity contribution in [2.45, 2.75) is 44.4 Å². The first-order valence-electron chi connectivity index (χ1n) is 9.89. The van der Waals surface area contributed by atoms with E-state index in [9.17, 15) is 4.79 Å². The summed E-state index contributed by atoms with van der Waals surface area (Å²) in [5.41, 5.74) is 3.68. The number of nitrogens with zero attached hydrogens (tertiary/aromatic N) is 1. The van der Waals surface area contributed by atoms with Crippen molar-refractivity contribution < 1.29 is 4.79 Å². The third kappa shape index (κ3) is 2.72. The molecule has 2 heteroatoms. The van der Waals surface area contributed by atoms with E-state index in [1.165, 1.54) is 16.7 Å². The molecule has 0 aromatic heterocycles. The highest BCUT2D eigenvalue weighted by atomic mass is 16.1. The lowest BCUT2D eigenvalue weighted by atomic mass is 9.49. The fourth-order valence-corrected chi connectivity index (χ4v) is 5.53. The number of ketones is 1. The molecule has 1 aliphatic carbocycles. The normalized spacial score (nSPS) is 28.2. The monoisotopic (exact) mass is 347 g/mol. The first-order chi connectivity index (χ1) is 12.6. The van der Waals surface area contributed by atoms with E-state index < -0.39 is 0 Å². The largest absolute Gasteiger partial charge is 0.306 e. The van der Waals surface area contributed by atoms with Gasteiger partial charge in [-0.15, -0.1) is 0 Å². The van der Waals surface area contributed by atoms with Gasteiger partial charge in [0.2, 0.25) is 0 Å². The zero-order valence-electron chi connectivity index (χ0n) is 16.0. The molecule has 0 N–H and O–H groups in total. The van der Waals surface area contributed by atoms with Crippen molar-refractivity contribution in [1.82, 2.24) is 4.90 Å². The zero-order valence-corrected chi connectivity index (χ0v) is 16.0. The molecular formula is C24H29NO. The van der Waals surface area contributed by atoms with E-state index in [1.54, 1.807) is 0 Å². The van der Waals surface area contributed by atoms with Gasteiger partial charge in [0.05, 0.1) is 5.41 Å². The summed E-state index contributed by atoms with van der Waals surface area (Å²) < 4.78 is 0. The van der Waals surface area contributed by atoms with E-state index in [-0.39, 0.29) is 10.8 Å². The van der Waals surface area contributed by atoms with Gasteiger partial charge in [0, 0.05) is 13.0 Å². The first-order valence-corrected chi connectivity index (χ1v) is 9.89. The predicted octanol–water partition coefficient (Wildman–Crippen LogP) is 4.41. The Labute approximate surface area is 157 Å². The second-order valence-electron chi connectivity index (χ2n) is 8.52. The van der Waals surface area contributed by atoms with Crippen LogP contribution in [-0.2, 0) is 23.1 Å². The van der Waals surface area contributed by atoms with Crippen LogP contribution in [0.25, 0.3) is 0 Å². The van der Waals surface area contributed by atoms with Crippen LogP contribution in [0.2, 0.25) is 0 Å². The van der Waals surface area contributed by atoms with Crippen LogP contribution in [0.15, 0.2) is 54.6 Å².